The molecule has 5 nitrogen and oxygen atoms in total. The summed E-state index contributed by atoms with van der Waals surface area (Å²) in [4.78, 5) is 10.4. The van der Waals surface area contributed by atoms with Gasteiger partial charge in [0.15, 0.2) is 11.5 Å². The van der Waals surface area contributed by atoms with E-state index in [0.29, 0.717) is 11.5 Å². The fourth-order valence-corrected chi connectivity index (χ4v) is 1.60. The largest absolute Gasteiger partial charge is 0.465 e. The molecule has 2 rings (SSSR count). The number of halogens is 1. The molecule has 0 spiro atoms. The molecule has 0 aliphatic carbocycles. The number of fused-ring (bicyclic) bond motifs is 1. The van der Waals surface area contributed by atoms with Crippen molar-refractivity contribution in [3.63, 3.8) is 0 Å². The lowest BCUT2D eigenvalue weighted by Gasteiger charge is -2.16. The number of hydrogen-bond donors (Lipinski definition) is 2. The molecular weight excluding hydrogens is 246 g/mol. The third kappa shape index (κ3) is 2.94. The molecule has 0 radical (unpaired) electrons. The van der Waals surface area contributed by atoms with E-state index >= 15 is 0 Å². The van der Waals surface area contributed by atoms with Gasteiger partial charge < -0.3 is 19.9 Å². The summed E-state index contributed by atoms with van der Waals surface area (Å²) in [6, 6.07) is 5.41. The molecule has 1 heterocycles. The normalized spacial score (nSPS) is 14.9. The molecule has 0 saturated heterocycles. The highest BCUT2D eigenvalue weighted by Gasteiger charge is 2.33. The molecule has 1 aromatic carbocycles. The first kappa shape index (κ1) is 13.4. The van der Waals surface area contributed by atoms with Crippen molar-refractivity contribution in [1.82, 2.24) is 5.32 Å². The highest BCUT2D eigenvalue weighted by molar-refractivity contribution is 5.85. The van der Waals surface area contributed by atoms with Crippen LogP contribution < -0.4 is 14.8 Å². The van der Waals surface area contributed by atoms with E-state index in [2.05, 4.69) is 5.32 Å². The molecule has 6 heteroatoms. The predicted molar refractivity (Wildman–Crippen MR) is 63.9 cm³/mol. The van der Waals surface area contributed by atoms with Crippen LogP contribution in [0.5, 0.6) is 11.5 Å². The summed E-state index contributed by atoms with van der Waals surface area (Å²) >= 11 is 0. The molecule has 1 aromatic rings. The standard InChI is InChI=1S/C11H13NO4.ClH/c1-11(2)15-8-5-3-4-7(9(8)16-11)6-12-10(13)14;/h3-5,12H,6H2,1-2H3,(H,13,14);1H. The number of benzene rings is 1. The lowest BCUT2D eigenvalue weighted by molar-refractivity contribution is -0.0435. The maximum Gasteiger partial charge on any atom is 0.404 e. The Balaban J connectivity index is 0.00000144. The predicted octanol–water partition coefficient (Wildman–Crippen LogP) is 2.38. The van der Waals surface area contributed by atoms with Crippen LogP contribution in [-0.2, 0) is 6.54 Å². The van der Waals surface area contributed by atoms with Crippen molar-refractivity contribution < 1.29 is 19.4 Å². The molecule has 1 aliphatic rings. The number of ether oxygens (including phenoxy) is 2. The zero-order chi connectivity index (χ0) is 11.8. The molecule has 0 bridgehead atoms. The first-order valence-corrected chi connectivity index (χ1v) is 4.95. The van der Waals surface area contributed by atoms with Crippen LogP contribution in [0.1, 0.15) is 19.4 Å². The van der Waals surface area contributed by atoms with Crippen LogP contribution in [0, 0.1) is 0 Å². The number of hydrogen-bond acceptors (Lipinski definition) is 3. The average Bonchev–Trinajstić information content (AvgIpc) is 2.48. The van der Waals surface area contributed by atoms with Crippen molar-refractivity contribution >= 4 is 18.5 Å². The van der Waals surface area contributed by atoms with E-state index < -0.39 is 11.9 Å². The van der Waals surface area contributed by atoms with Crippen LogP contribution >= 0.6 is 12.4 Å². The lowest BCUT2D eigenvalue weighted by atomic mass is 10.2. The third-order valence-corrected chi connectivity index (χ3v) is 2.19. The molecule has 0 saturated carbocycles. The van der Waals surface area contributed by atoms with Gasteiger partial charge in [-0.1, -0.05) is 12.1 Å². The molecule has 0 unspecified atom stereocenters. The SMILES string of the molecule is CC1(C)Oc2cccc(CNC(=O)O)c2O1.Cl. The van der Waals surface area contributed by atoms with Gasteiger partial charge in [0.25, 0.3) is 0 Å². The van der Waals surface area contributed by atoms with Gasteiger partial charge in [-0.2, -0.15) is 0 Å². The van der Waals surface area contributed by atoms with Gasteiger partial charge in [-0.15, -0.1) is 12.4 Å². The number of amides is 1. The van der Waals surface area contributed by atoms with Crippen molar-refractivity contribution in [2.45, 2.75) is 26.2 Å². The summed E-state index contributed by atoms with van der Waals surface area (Å²) in [5.41, 5.74) is 0.769. The summed E-state index contributed by atoms with van der Waals surface area (Å²) in [5.74, 6) is 0.567. The Bertz CT molecular complexity index is 433. The van der Waals surface area contributed by atoms with E-state index in [1.807, 2.05) is 6.07 Å². The fourth-order valence-electron chi connectivity index (χ4n) is 1.60. The molecular formula is C11H14ClNO4. The van der Waals surface area contributed by atoms with E-state index in [1.165, 1.54) is 0 Å². The molecule has 1 aliphatic heterocycles. The second kappa shape index (κ2) is 4.71. The number of rotatable bonds is 2. The second-order valence-corrected chi connectivity index (χ2v) is 4.01. The van der Waals surface area contributed by atoms with Gasteiger partial charge in [-0.05, 0) is 6.07 Å². The number of carbonyl (C=O) groups is 1. The van der Waals surface area contributed by atoms with Crippen molar-refractivity contribution in [2.75, 3.05) is 0 Å². The molecule has 0 fully saturated rings. The van der Waals surface area contributed by atoms with Gasteiger partial charge in [-0.3, -0.25) is 0 Å². The van der Waals surface area contributed by atoms with Gasteiger partial charge >= 0.3 is 6.09 Å². The van der Waals surface area contributed by atoms with E-state index in [9.17, 15) is 4.79 Å². The van der Waals surface area contributed by atoms with E-state index in [4.69, 9.17) is 14.6 Å². The van der Waals surface area contributed by atoms with Gasteiger partial charge in [0, 0.05) is 26.0 Å². The van der Waals surface area contributed by atoms with Crippen LogP contribution in [0.25, 0.3) is 0 Å². The Kier molecular flexibility index (Phi) is 3.72. The van der Waals surface area contributed by atoms with Crippen LogP contribution in [-0.4, -0.2) is 17.0 Å². The highest BCUT2D eigenvalue weighted by atomic mass is 35.5. The van der Waals surface area contributed by atoms with E-state index in [-0.39, 0.29) is 19.0 Å². The van der Waals surface area contributed by atoms with Gasteiger partial charge in [0.1, 0.15) is 0 Å². The fraction of sp³-hybridized carbons (Fsp3) is 0.364. The number of carboxylic acid groups (broad SMARTS) is 1. The lowest BCUT2D eigenvalue weighted by Crippen LogP contribution is -2.30. The van der Waals surface area contributed by atoms with Crippen molar-refractivity contribution in [3.05, 3.63) is 23.8 Å². The van der Waals surface area contributed by atoms with Gasteiger partial charge in [-0.25, -0.2) is 4.79 Å². The molecule has 0 aromatic heterocycles. The monoisotopic (exact) mass is 259 g/mol. The second-order valence-electron chi connectivity index (χ2n) is 4.01. The number of nitrogens with one attached hydrogen (secondary N) is 1. The summed E-state index contributed by atoms with van der Waals surface area (Å²) in [6.07, 6.45) is -1.06. The van der Waals surface area contributed by atoms with Gasteiger partial charge in [0.2, 0.25) is 5.79 Å². The zero-order valence-corrected chi connectivity index (χ0v) is 10.3. The van der Waals surface area contributed by atoms with Crippen molar-refractivity contribution in [1.29, 1.82) is 0 Å². The first-order valence-electron chi connectivity index (χ1n) is 4.95. The molecule has 17 heavy (non-hydrogen) atoms. The third-order valence-electron chi connectivity index (χ3n) is 2.19. The quantitative estimate of drug-likeness (QED) is 0.856. The molecule has 1 amide bonds. The van der Waals surface area contributed by atoms with Crippen molar-refractivity contribution in [2.24, 2.45) is 0 Å². The van der Waals surface area contributed by atoms with Crippen LogP contribution in [0.2, 0.25) is 0 Å². The van der Waals surface area contributed by atoms with E-state index in [1.54, 1.807) is 26.0 Å². The minimum atomic E-state index is -1.06. The average molecular weight is 260 g/mol. The first-order chi connectivity index (χ1) is 7.48. The van der Waals surface area contributed by atoms with Crippen LogP contribution in [0.4, 0.5) is 4.79 Å². The Morgan fingerprint density at radius 3 is 2.76 bits per heavy atom. The zero-order valence-electron chi connectivity index (χ0n) is 9.52. The Morgan fingerprint density at radius 2 is 2.12 bits per heavy atom. The Morgan fingerprint density at radius 1 is 1.41 bits per heavy atom. The molecule has 94 valence electrons. The van der Waals surface area contributed by atoms with Crippen LogP contribution in [0.3, 0.4) is 0 Å². The van der Waals surface area contributed by atoms with Crippen molar-refractivity contribution in [3.8, 4) is 11.5 Å². The summed E-state index contributed by atoms with van der Waals surface area (Å²) in [7, 11) is 0. The van der Waals surface area contributed by atoms with Gasteiger partial charge in [0.05, 0.1) is 0 Å². The summed E-state index contributed by atoms with van der Waals surface area (Å²) in [6.45, 7) is 3.82. The maximum absolute atomic E-state index is 10.4. The minimum Gasteiger partial charge on any atom is -0.465 e. The Hall–Kier alpha value is -1.62. The highest BCUT2D eigenvalue weighted by Crippen LogP contribution is 2.41. The smallest absolute Gasteiger partial charge is 0.404 e. The minimum absolute atomic E-state index is 0. The Labute approximate surface area is 105 Å². The molecule has 2 N–H and O–H groups in total. The summed E-state index contributed by atoms with van der Waals surface area (Å²) < 4.78 is 11.1. The number of para-hydroxylation sites is 1. The topological polar surface area (TPSA) is 67.8 Å². The van der Waals surface area contributed by atoms with E-state index in [0.717, 1.165) is 5.56 Å². The summed E-state index contributed by atoms with van der Waals surface area (Å²) in [5, 5.41) is 10.8. The maximum atomic E-state index is 10.4. The van der Waals surface area contributed by atoms with Crippen LogP contribution in [0.15, 0.2) is 18.2 Å². The molecule has 0 atom stereocenters.